The number of benzene rings is 2. The molecule has 4 rings (SSSR count). The van der Waals surface area contributed by atoms with Gasteiger partial charge in [-0.05, 0) is 50.1 Å². The van der Waals surface area contributed by atoms with Crippen LogP contribution in [-0.4, -0.2) is 9.97 Å². The molecular formula is C20H18N2. The Balaban J connectivity index is 2.00. The summed E-state index contributed by atoms with van der Waals surface area (Å²) < 4.78 is 0. The number of H-pyrrole nitrogens is 1. The van der Waals surface area contributed by atoms with Crippen molar-refractivity contribution in [2.75, 3.05) is 0 Å². The van der Waals surface area contributed by atoms with Gasteiger partial charge in [-0.15, -0.1) is 0 Å². The van der Waals surface area contributed by atoms with Crippen molar-refractivity contribution in [3.8, 4) is 11.1 Å². The number of aromatic nitrogens is 2. The minimum Gasteiger partial charge on any atom is -0.353 e. The van der Waals surface area contributed by atoms with Gasteiger partial charge in [0, 0.05) is 22.5 Å². The number of hydrogen-bond donors (Lipinski definition) is 1. The average Bonchev–Trinajstić information content (AvgIpc) is 2.86. The minimum absolute atomic E-state index is 1.04. The van der Waals surface area contributed by atoms with Crippen LogP contribution < -0.4 is 0 Å². The van der Waals surface area contributed by atoms with Crippen molar-refractivity contribution in [2.45, 2.75) is 20.8 Å². The highest BCUT2D eigenvalue weighted by molar-refractivity contribution is 6.09. The molecule has 2 nitrogen and oxygen atoms in total. The maximum atomic E-state index is 4.38. The fourth-order valence-corrected chi connectivity index (χ4v) is 3.28. The summed E-state index contributed by atoms with van der Waals surface area (Å²) in [6, 6.07) is 15.4. The van der Waals surface area contributed by atoms with Gasteiger partial charge in [0.25, 0.3) is 0 Å². The van der Waals surface area contributed by atoms with Gasteiger partial charge in [-0.2, -0.15) is 0 Å². The molecule has 2 heteroatoms. The Morgan fingerprint density at radius 3 is 2.32 bits per heavy atom. The largest absolute Gasteiger partial charge is 0.353 e. The van der Waals surface area contributed by atoms with Crippen molar-refractivity contribution in [1.29, 1.82) is 0 Å². The highest BCUT2D eigenvalue weighted by Crippen LogP contribution is 2.31. The van der Waals surface area contributed by atoms with Crippen molar-refractivity contribution in [1.82, 2.24) is 9.97 Å². The molecule has 0 saturated carbocycles. The Labute approximate surface area is 129 Å². The Morgan fingerprint density at radius 2 is 1.55 bits per heavy atom. The van der Waals surface area contributed by atoms with Crippen LogP contribution in [0, 0.1) is 20.8 Å². The molecule has 108 valence electrons. The quantitative estimate of drug-likeness (QED) is 0.505. The van der Waals surface area contributed by atoms with E-state index >= 15 is 0 Å². The zero-order chi connectivity index (χ0) is 15.3. The first kappa shape index (κ1) is 13.1. The third kappa shape index (κ3) is 2.00. The van der Waals surface area contributed by atoms with Crippen molar-refractivity contribution >= 4 is 21.8 Å². The highest BCUT2D eigenvalue weighted by atomic mass is 14.8. The molecule has 0 saturated heterocycles. The lowest BCUT2D eigenvalue weighted by atomic mass is 9.99. The molecule has 2 aromatic heterocycles. The van der Waals surface area contributed by atoms with E-state index in [0.29, 0.717) is 0 Å². The fraction of sp³-hybridized carbons (Fsp3) is 0.150. The lowest BCUT2D eigenvalue weighted by Crippen LogP contribution is -1.83. The van der Waals surface area contributed by atoms with E-state index in [9.17, 15) is 0 Å². The summed E-state index contributed by atoms with van der Waals surface area (Å²) in [5, 5.41) is 2.51. The first-order chi connectivity index (χ1) is 10.6. The van der Waals surface area contributed by atoms with Crippen LogP contribution in [0.2, 0.25) is 0 Å². The van der Waals surface area contributed by atoms with Gasteiger partial charge in [-0.3, -0.25) is 4.98 Å². The lowest BCUT2D eigenvalue weighted by Gasteiger charge is -2.06. The summed E-state index contributed by atoms with van der Waals surface area (Å²) >= 11 is 0. The molecule has 0 amide bonds. The molecule has 0 aliphatic rings. The summed E-state index contributed by atoms with van der Waals surface area (Å²) in [7, 11) is 0. The summed E-state index contributed by atoms with van der Waals surface area (Å²) in [4.78, 5) is 7.86. The van der Waals surface area contributed by atoms with Crippen LogP contribution in [0.5, 0.6) is 0 Å². The molecule has 0 atom stereocenters. The van der Waals surface area contributed by atoms with E-state index in [-0.39, 0.29) is 0 Å². The van der Waals surface area contributed by atoms with Crippen molar-refractivity contribution in [2.24, 2.45) is 0 Å². The first-order valence-corrected chi connectivity index (χ1v) is 7.57. The molecule has 4 aromatic rings. The van der Waals surface area contributed by atoms with Gasteiger partial charge in [0.15, 0.2) is 0 Å². The summed E-state index contributed by atoms with van der Waals surface area (Å²) in [6.07, 6.45) is 1.88. The van der Waals surface area contributed by atoms with Gasteiger partial charge in [0.05, 0.1) is 11.2 Å². The molecule has 2 aromatic carbocycles. The number of aryl methyl sites for hydroxylation is 3. The number of aromatic amines is 1. The normalized spacial score (nSPS) is 11.4. The van der Waals surface area contributed by atoms with E-state index in [4.69, 9.17) is 0 Å². The molecule has 1 N–H and O–H groups in total. The van der Waals surface area contributed by atoms with E-state index in [1.165, 1.54) is 38.5 Å². The molecule has 0 unspecified atom stereocenters. The SMILES string of the molecule is Cc1cc(C)cc(-c2ccc3[nH]c4c(C)nccc4c3c2)c1. The van der Waals surface area contributed by atoms with E-state index in [1.54, 1.807) is 0 Å². The molecule has 0 bridgehead atoms. The third-order valence-electron chi connectivity index (χ3n) is 4.26. The summed E-state index contributed by atoms with van der Waals surface area (Å²) in [6.45, 7) is 6.34. The van der Waals surface area contributed by atoms with Crippen LogP contribution in [0.25, 0.3) is 32.9 Å². The highest BCUT2D eigenvalue weighted by Gasteiger charge is 2.08. The number of pyridine rings is 1. The predicted octanol–water partition coefficient (Wildman–Crippen LogP) is 5.31. The van der Waals surface area contributed by atoms with E-state index in [1.807, 2.05) is 13.1 Å². The Morgan fingerprint density at radius 1 is 0.773 bits per heavy atom. The van der Waals surface area contributed by atoms with Crippen LogP contribution in [0.15, 0.2) is 48.7 Å². The second-order valence-electron chi connectivity index (χ2n) is 6.08. The van der Waals surface area contributed by atoms with Crippen LogP contribution in [-0.2, 0) is 0 Å². The predicted molar refractivity (Wildman–Crippen MR) is 93.2 cm³/mol. The molecule has 0 radical (unpaired) electrons. The number of fused-ring (bicyclic) bond motifs is 3. The van der Waals surface area contributed by atoms with E-state index in [2.05, 4.69) is 66.3 Å². The molecule has 22 heavy (non-hydrogen) atoms. The van der Waals surface area contributed by atoms with E-state index < -0.39 is 0 Å². The van der Waals surface area contributed by atoms with Crippen LogP contribution >= 0.6 is 0 Å². The topological polar surface area (TPSA) is 28.7 Å². The molecule has 0 fully saturated rings. The minimum atomic E-state index is 1.04. The molecule has 0 spiro atoms. The Bertz CT molecular complexity index is 989. The standard InChI is InChI=1S/C20H18N2/c1-12-8-13(2)10-16(9-12)15-4-5-19-18(11-15)17-6-7-21-14(3)20(17)22-19/h4-11,22H,1-3H3. The number of rotatable bonds is 1. The third-order valence-corrected chi connectivity index (χ3v) is 4.26. The van der Waals surface area contributed by atoms with Gasteiger partial charge in [-0.1, -0.05) is 35.4 Å². The zero-order valence-corrected chi connectivity index (χ0v) is 13.1. The van der Waals surface area contributed by atoms with E-state index in [0.717, 1.165) is 11.2 Å². The second-order valence-corrected chi connectivity index (χ2v) is 6.08. The maximum absolute atomic E-state index is 4.38. The maximum Gasteiger partial charge on any atom is 0.0681 e. The van der Waals surface area contributed by atoms with Gasteiger partial charge >= 0.3 is 0 Å². The van der Waals surface area contributed by atoms with Gasteiger partial charge in [0.1, 0.15) is 0 Å². The average molecular weight is 286 g/mol. The van der Waals surface area contributed by atoms with Gasteiger partial charge in [0.2, 0.25) is 0 Å². The Kier molecular flexibility index (Phi) is 2.80. The molecule has 0 aliphatic carbocycles. The Hall–Kier alpha value is -2.61. The van der Waals surface area contributed by atoms with Crippen LogP contribution in [0.3, 0.4) is 0 Å². The number of nitrogens with one attached hydrogen (secondary N) is 1. The number of hydrogen-bond acceptors (Lipinski definition) is 1. The molecule has 0 aliphatic heterocycles. The number of nitrogens with zero attached hydrogens (tertiary/aromatic N) is 1. The van der Waals surface area contributed by atoms with Gasteiger partial charge < -0.3 is 4.98 Å². The fourth-order valence-electron chi connectivity index (χ4n) is 3.28. The van der Waals surface area contributed by atoms with Gasteiger partial charge in [-0.25, -0.2) is 0 Å². The smallest absolute Gasteiger partial charge is 0.0681 e. The monoisotopic (exact) mass is 286 g/mol. The first-order valence-electron chi connectivity index (χ1n) is 7.57. The molecular weight excluding hydrogens is 268 g/mol. The zero-order valence-electron chi connectivity index (χ0n) is 13.1. The lowest BCUT2D eigenvalue weighted by molar-refractivity contribution is 1.22. The van der Waals surface area contributed by atoms with Crippen LogP contribution in [0.1, 0.15) is 16.8 Å². The summed E-state index contributed by atoms with van der Waals surface area (Å²) in [5.41, 5.74) is 8.48. The van der Waals surface area contributed by atoms with Crippen molar-refractivity contribution in [3.05, 3.63) is 65.5 Å². The van der Waals surface area contributed by atoms with Crippen LogP contribution in [0.4, 0.5) is 0 Å². The van der Waals surface area contributed by atoms with Crippen molar-refractivity contribution < 1.29 is 0 Å². The second kappa shape index (κ2) is 4.70. The summed E-state index contributed by atoms with van der Waals surface area (Å²) in [5.74, 6) is 0. The molecule has 2 heterocycles. The van der Waals surface area contributed by atoms with Crippen molar-refractivity contribution in [3.63, 3.8) is 0 Å².